The maximum atomic E-state index is 12.5. The molecule has 0 radical (unpaired) electrons. The SMILES string of the molecule is O=C(NC1CC1)C1CCCC(NC(=O)C2CC2c2ccccc2)C1. The molecule has 24 heavy (non-hydrogen) atoms. The fourth-order valence-electron chi connectivity index (χ4n) is 3.97. The summed E-state index contributed by atoms with van der Waals surface area (Å²) < 4.78 is 0. The quantitative estimate of drug-likeness (QED) is 0.874. The van der Waals surface area contributed by atoms with Crippen LogP contribution in [0.5, 0.6) is 0 Å². The molecule has 2 N–H and O–H groups in total. The maximum Gasteiger partial charge on any atom is 0.223 e. The minimum Gasteiger partial charge on any atom is -0.353 e. The summed E-state index contributed by atoms with van der Waals surface area (Å²) in [6, 6.07) is 10.9. The van der Waals surface area contributed by atoms with Crippen molar-refractivity contribution in [3.63, 3.8) is 0 Å². The van der Waals surface area contributed by atoms with E-state index in [-0.39, 0.29) is 29.7 Å². The second kappa shape index (κ2) is 6.58. The molecule has 0 aromatic heterocycles. The van der Waals surface area contributed by atoms with E-state index in [4.69, 9.17) is 0 Å². The molecule has 3 saturated carbocycles. The van der Waals surface area contributed by atoms with E-state index < -0.39 is 0 Å². The summed E-state index contributed by atoms with van der Waals surface area (Å²) in [6.07, 6.45) is 6.99. The zero-order valence-corrected chi connectivity index (χ0v) is 14.0. The summed E-state index contributed by atoms with van der Waals surface area (Å²) in [5, 5.41) is 6.32. The van der Waals surface area contributed by atoms with Crippen molar-refractivity contribution in [2.24, 2.45) is 11.8 Å². The van der Waals surface area contributed by atoms with Crippen molar-refractivity contribution < 1.29 is 9.59 Å². The largest absolute Gasteiger partial charge is 0.353 e. The van der Waals surface area contributed by atoms with E-state index in [0.29, 0.717) is 12.0 Å². The third-order valence-corrected chi connectivity index (χ3v) is 5.67. The highest BCUT2D eigenvalue weighted by Crippen LogP contribution is 2.47. The zero-order chi connectivity index (χ0) is 16.5. The molecule has 2 amide bonds. The Morgan fingerprint density at radius 2 is 1.58 bits per heavy atom. The maximum absolute atomic E-state index is 12.5. The molecule has 4 unspecified atom stereocenters. The Morgan fingerprint density at radius 3 is 2.33 bits per heavy atom. The average Bonchev–Trinajstić information content (AvgIpc) is 3.50. The summed E-state index contributed by atoms with van der Waals surface area (Å²) in [6.45, 7) is 0. The van der Waals surface area contributed by atoms with Crippen LogP contribution in [0.2, 0.25) is 0 Å². The number of nitrogens with one attached hydrogen (secondary N) is 2. The minimum absolute atomic E-state index is 0.0776. The first-order valence-electron chi connectivity index (χ1n) is 9.36. The van der Waals surface area contributed by atoms with Gasteiger partial charge in [-0.1, -0.05) is 36.8 Å². The Bertz CT molecular complexity index is 611. The van der Waals surface area contributed by atoms with Crippen LogP contribution in [0.25, 0.3) is 0 Å². The van der Waals surface area contributed by atoms with Crippen molar-refractivity contribution in [3.05, 3.63) is 35.9 Å². The van der Waals surface area contributed by atoms with Crippen LogP contribution in [0.1, 0.15) is 56.4 Å². The molecule has 3 fully saturated rings. The number of hydrogen-bond acceptors (Lipinski definition) is 2. The number of hydrogen-bond donors (Lipinski definition) is 2. The second-order valence-electron chi connectivity index (χ2n) is 7.71. The first kappa shape index (κ1) is 15.7. The fourth-order valence-corrected chi connectivity index (χ4v) is 3.97. The minimum atomic E-state index is 0.0776. The van der Waals surface area contributed by atoms with Gasteiger partial charge in [0.15, 0.2) is 0 Å². The van der Waals surface area contributed by atoms with Gasteiger partial charge in [-0.3, -0.25) is 9.59 Å². The molecule has 128 valence electrons. The average molecular weight is 326 g/mol. The lowest BCUT2D eigenvalue weighted by molar-refractivity contribution is -0.128. The predicted octanol–water partition coefficient (Wildman–Crippen LogP) is 2.74. The van der Waals surface area contributed by atoms with E-state index in [0.717, 1.165) is 44.9 Å². The van der Waals surface area contributed by atoms with Crippen LogP contribution in [-0.2, 0) is 9.59 Å². The Labute approximate surface area is 143 Å². The van der Waals surface area contributed by atoms with Gasteiger partial charge in [0, 0.05) is 23.9 Å². The van der Waals surface area contributed by atoms with Gasteiger partial charge in [-0.2, -0.15) is 0 Å². The zero-order valence-electron chi connectivity index (χ0n) is 14.0. The van der Waals surface area contributed by atoms with Gasteiger partial charge < -0.3 is 10.6 Å². The molecule has 1 aromatic carbocycles. The van der Waals surface area contributed by atoms with Crippen LogP contribution in [0.3, 0.4) is 0 Å². The summed E-state index contributed by atoms with van der Waals surface area (Å²) in [7, 11) is 0. The molecule has 3 aliphatic carbocycles. The normalized spacial score (nSPS) is 32.0. The standard InChI is InChI=1S/C20H26N2O2/c23-19(21-15-9-10-15)14-7-4-8-16(11-14)22-20(24)18-12-17(18)13-5-2-1-3-6-13/h1-3,5-6,14-18H,4,7-12H2,(H,21,23)(H,22,24). The Balaban J connectivity index is 1.27. The first-order chi connectivity index (χ1) is 11.7. The molecular formula is C20H26N2O2. The van der Waals surface area contributed by atoms with E-state index in [2.05, 4.69) is 22.8 Å². The molecule has 0 bridgehead atoms. The third-order valence-electron chi connectivity index (χ3n) is 5.67. The number of benzene rings is 1. The van der Waals surface area contributed by atoms with Gasteiger partial charge in [0.2, 0.25) is 11.8 Å². The molecule has 4 rings (SSSR count). The van der Waals surface area contributed by atoms with Crippen LogP contribution in [0.4, 0.5) is 0 Å². The van der Waals surface area contributed by atoms with E-state index in [1.54, 1.807) is 0 Å². The number of amides is 2. The van der Waals surface area contributed by atoms with Crippen LogP contribution in [0.15, 0.2) is 30.3 Å². The van der Waals surface area contributed by atoms with Gasteiger partial charge in [0.1, 0.15) is 0 Å². The lowest BCUT2D eigenvalue weighted by atomic mass is 9.85. The summed E-state index contributed by atoms with van der Waals surface area (Å²) in [5.41, 5.74) is 1.27. The second-order valence-corrected chi connectivity index (χ2v) is 7.71. The van der Waals surface area contributed by atoms with Crippen molar-refractivity contribution in [1.82, 2.24) is 10.6 Å². The van der Waals surface area contributed by atoms with E-state index in [9.17, 15) is 9.59 Å². The number of carbonyl (C=O) groups is 2. The van der Waals surface area contributed by atoms with Crippen LogP contribution < -0.4 is 10.6 Å². The highest BCUT2D eigenvalue weighted by molar-refractivity contribution is 5.83. The van der Waals surface area contributed by atoms with Gasteiger partial charge in [-0.25, -0.2) is 0 Å². The third kappa shape index (κ3) is 3.63. The summed E-state index contributed by atoms with van der Waals surface area (Å²) in [5.74, 6) is 0.952. The van der Waals surface area contributed by atoms with Crippen molar-refractivity contribution in [1.29, 1.82) is 0 Å². The van der Waals surface area contributed by atoms with E-state index >= 15 is 0 Å². The Morgan fingerprint density at radius 1 is 0.833 bits per heavy atom. The molecule has 0 aliphatic heterocycles. The van der Waals surface area contributed by atoms with Gasteiger partial charge in [-0.15, -0.1) is 0 Å². The Kier molecular flexibility index (Phi) is 4.30. The monoisotopic (exact) mass is 326 g/mol. The molecule has 0 heterocycles. The molecule has 0 spiro atoms. The molecular weight excluding hydrogens is 300 g/mol. The van der Waals surface area contributed by atoms with Crippen LogP contribution >= 0.6 is 0 Å². The van der Waals surface area contributed by atoms with Crippen molar-refractivity contribution in [2.45, 2.75) is 62.9 Å². The van der Waals surface area contributed by atoms with E-state index in [1.165, 1.54) is 5.56 Å². The van der Waals surface area contributed by atoms with Gasteiger partial charge in [-0.05, 0) is 50.0 Å². The molecule has 4 heteroatoms. The van der Waals surface area contributed by atoms with Crippen molar-refractivity contribution >= 4 is 11.8 Å². The van der Waals surface area contributed by atoms with Crippen LogP contribution in [0, 0.1) is 11.8 Å². The van der Waals surface area contributed by atoms with Gasteiger partial charge in [0.05, 0.1) is 0 Å². The highest BCUT2D eigenvalue weighted by Gasteiger charge is 2.44. The highest BCUT2D eigenvalue weighted by atomic mass is 16.2. The first-order valence-corrected chi connectivity index (χ1v) is 9.36. The summed E-state index contributed by atoms with van der Waals surface area (Å²) >= 11 is 0. The Hall–Kier alpha value is -1.84. The molecule has 4 nitrogen and oxygen atoms in total. The number of rotatable bonds is 5. The predicted molar refractivity (Wildman–Crippen MR) is 92.3 cm³/mol. The summed E-state index contributed by atoms with van der Waals surface area (Å²) in [4.78, 5) is 24.7. The molecule has 3 aliphatic rings. The fraction of sp³-hybridized carbons (Fsp3) is 0.600. The molecule has 0 saturated heterocycles. The van der Waals surface area contributed by atoms with Crippen molar-refractivity contribution in [2.75, 3.05) is 0 Å². The molecule has 1 aromatic rings. The van der Waals surface area contributed by atoms with E-state index in [1.807, 2.05) is 18.2 Å². The number of carbonyl (C=O) groups excluding carboxylic acids is 2. The lowest BCUT2D eigenvalue weighted by Crippen LogP contribution is -2.43. The van der Waals surface area contributed by atoms with Gasteiger partial charge in [0.25, 0.3) is 0 Å². The molecule has 4 atom stereocenters. The van der Waals surface area contributed by atoms with Gasteiger partial charge >= 0.3 is 0 Å². The topological polar surface area (TPSA) is 58.2 Å². The smallest absolute Gasteiger partial charge is 0.223 e. The van der Waals surface area contributed by atoms with Crippen LogP contribution in [-0.4, -0.2) is 23.9 Å². The lowest BCUT2D eigenvalue weighted by Gasteiger charge is -2.29. The van der Waals surface area contributed by atoms with Crippen molar-refractivity contribution in [3.8, 4) is 0 Å².